The number of phenolic OH excluding ortho intramolecular Hbond substituents is 1. The predicted octanol–water partition coefficient (Wildman–Crippen LogP) is 3.83. The Labute approximate surface area is 145 Å². The van der Waals surface area contributed by atoms with Gasteiger partial charge in [-0.25, -0.2) is 9.97 Å². The topological polar surface area (TPSA) is 76.5 Å². The molecular weight excluding hydrogens is 330 g/mol. The number of aromatic hydroxyl groups is 1. The molecule has 0 spiro atoms. The number of rotatable bonds is 4. The highest BCUT2D eigenvalue weighted by molar-refractivity contribution is 5.93. The Morgan fingerprint density at radius 2 is 1.75 bits per heavy atom. The zero-order chi connectivity index (χ0) is 16.4. The maximum Gasteiger partial charge on any atom is 0.162 e. The number of anilines is 2. The number of methoxy groups -OCH3 is 2. The Bertz CT molecular complexity index is 871. The summed E-state index contributed by atoms with van der Waals surface area (Å²) in [5, 5.41) is 13.9. The van der Waals surface area contributed by atoms with E-state index in [0.717, 1.165) is 22.2 Å². The first kappa shape index (κ1) is 17.6. The molecule has 0 saturated carbocycles. The first-order valence-corrected chi connectivity index (χ1v) is 7.06. The van der Waals surface area contributed by atoms with Crippen molar-refractivity contribution in [2.75, 3.05) is 19.5 Å². The average molecular weight is 348 g/mol. The molecule has 0 aliphatic carbocycles. The highest BCUT2D eigenvalue weighted by Crippen LogP contribution is 2.35. The van der Waals surface area contributed by atoms with Gasteiger partial charge < -0.3 is 19.9 Å². The van der Waals surface area contributed by atoms with Crippen molar-refractivity contribution in [2.45, 2.75) is 6.92 Å². The highest BCUT2D eigenvalue weighted by Gasteiger charge is 2.12. The van der Waals surface area contributed by atoms with Crippen LogP contribution in [0.2, 0.25) is 0 Å². The maximum atomic E-state index is 9.83. The minimum atomic E-state index is 0. The van der Waals surface area contributed by atoms with Gasteiger partial charge in [-0.2, -0.15) is 0 Å². The van der Waals surface area contributed by atoms with Crippen molar-refractivity contribution < 1.29 is 14.6 Å². The molecule has 126 valence electrons. The van der Waals surface area contributed by atoms with E-state index in [2.05, 4.69) is 15.3 Å². The van der Waals surface area contributed by atoms with Gasteiger partial charge in [-0.3, -0.25) is 0 Å². The van der Waals surface area contributed by atoms with Crippen molar-refractivity contribution in [3.05, 3.63) is 42.2 Å². The second-order valence-corrected chi connectivity index (χ2v) is 5.02. The Morgan fingerprint density at radius 1 is 1.04 bits per heavy atom. The fourth-order valence-electron chi connectivity index (χ4n) is 2.37. The van der Waals surface area contributed by atoms with Gasteiger partial charge in [-0.1, -0.05) is 6.07 Å². The number of fused-ring (bicyclic) bond motifs is 1. The number of benzene rings is 2. The highest BCUT2D eigenvalue weighted by atomic mass is 35.5. The Balaban J connectivity index is 0.00000208. The van der Waals surface area contributed by atoms with Gasteiger partial charge >= 0.3 is 0 Å². The lowest BCUT2D eigenvalue weighted by atomic mass is 10.1. The van der Waals surface area contributed by atoms with E-state index in [1.807, 2.05) is 19.1 Å². The fourth-order valence-corrected chi connectivity index (χ4v) is 2.37. The van der Waals surface area contributed by atoms with Crippen molar-refractivity contribution in [1.29, 1.82) is 0 Å². The van der Waals surface area contributed by atoms with Crippen LogP contribution in [0.3, 0.4) is 0 Å². The molecule has 0 bridgehead atoms. The summed E-state index contributed by atoms with van der Waals surface area (Å²) < 4.78 is 10.6. The molecule has 0 amide bonds. The number of ether oxygens (including phenoxy) is 2. The number of halogens is 1. The van der Waals surface area contributed by atoms with Crippen LogP contribution in [-0.2, 0) is 0 Å². The predicted molar refractivity (Wildman–Crippen MR) is 96.0 cm³/mol. The number of hydrogen-bond acceptors (Lipinski definition) is 6. The lowest BCUT2D eigenvalue weighted by Gasteiger charge is -2.13. The molecule has 0 radical (unpaired) electrons. The van der Waals surface area contributed by atoms with Crippen molar-refractivity contribution in [3.63, 3.8) is 0 Å². The van der Waals surface area contributed by atoms with E-state index in [-0.39, 0.29) is 18.2 Å². The second-order valence-electron chi connectivity index (χ2n) is 5.02. The first-order chi connectivity index (χ1) is 11.1. The monoisotopic (exact) mass is 347 g/mol. The molecular formula is C17H18ClN3O3. The van der Waals surface area contributed by atoms with Crippen molar-refractivity contribution in [1.82, 2.24) is 9.97 Å². The zero-order valence-electron chi connectivity index (χ0n) is 13.5. The first-order valence-electron chi connectivity index (χ1n) is 7.06. The van der Waals surface area contributed by atoms with E-state index in [1.54, 1.807) is 32.4 Å². The van der Waals surface area contributed by atoms with Crippen LogP contribution in [0.4, 0.5) is 11.5 Å². The molecule has 2 N–H and O–H groups in total. The molecule has 0 fully saturated rings. The van der Waals surface area contributed by atoms with Gasteiger partial charge in [-0.15, -0.1) is 12.4 Å². The minimum Gasteiger partial charge on any atom is -0.508 e. The van der Waals surface area contributed by atoms with Gasteiger partial charge in [-0.05, 0) is 25.1 Å². The molecule has 1 aromatic heterocycles. The Hall–Kier alpha value is -2.73. The summed E-state index contributed by atoms with van der Waals surface area (Å²) in [7, 11) is 3.17. The largest absolute Gasteiger partial charge is 0.508 e. The number of hydrogen-bond donors (Lipinski definition) is 2. The van der Waals surface area contributed by atoms with Crippen molar-refractivity contribution in [2.24, 2.45) is 0 Å². The van der Waals surface area contributed by atoms with Gasteiger partial charge in [0.1, 0.15) is 17.9 Å². The van der Waals surface area contributed by atoms with E-state index in [1.165, 1.54) is 6.33 Å². The number of nitrogens with one attached hydrogen (secondary N) is 1. The molecule has 0 saturated heterocycles. The summed E-state index contributed by atoms with van der Waals surface area (Å²) in [6, 6.07) is 8.93. The van der Waals surface area contributed by atoms with Gasteiger partial charge in [0, 0.05) is 22.7 Å². The third kappa shape index (κ3) is 3.14. The average Bonchev–Trinajstić information content (AvgIpc) is 2.58. The smallest absolute Gasteiger partial charge is 0.162 e. The molecule has 0 atom stereocenters. The Morgan fingerprint density at radius 3 is 2.46 bits per heavy atom. The number of phenols is 1. The molecule has 0 aliphatic rings. The number of nitrogens with zero attached hydrogens (tertiary/aromatic N) is 2. The van der Waals surface area contributed by atoms with E-state index in [4.69, 9.17) is 9.47 Å². The zero-order valence-corrected chi connectivity index (χ0v) is 14.3. The van der Waals surface area contributed by atoms with Gasteiger partial charge in [0.25, 0.3) is 0 Å². The third-order valence-corrected chi connectivity index (χ3v) is 3.70. The SMILES string of the molecule is COc1cc2ncnc(Nc3cccc(O)c3C)c2cc1OC.Cl. The fraction of sp³-hybridized carbons (Fsp3) is 0.176. The molecule has 0 unspecified atom stereocenters. The molecule has 3 aromatic rings. The number of aromatic nitrogens is 2. The molecule has 2 aromatic carbocycles. The summed E-state index contributed by atoms with van der Waals surface area (Å²) in [5.41, 5.74) is 2.26. The molecule has 1 heterocycles. The van der Waals surface area contributed by atoms with Crippen LogP contribution in [0.5, 0.6) is 17.2 Å². The van der Waals surface area contributed by atoms with Crippen LogP contribution < -0.4 is 14.8 Å². The summed E-state index contributed by atoms with van der Waals surface area (Å²) in [6.45, 7) is 1.84. The van der Waals surface area contributed by atoms with Crippen LogP contribution in [0.15, 0.2) is 36.7 Å². The summed E-state index contributed by atoms with van der Waals surface area (Å²) in [5.74, 6) is 2.07. The Kier molecular flexibility index (Phi) is 5.31. The van der Waals surface area contributed by atoms with Crippen LogP contribution in [0.1, 0.15) is 5.56 Å². The summed E-state index contributed by atoms with van der Waals surface area (Å²) in [4.78, 5) is 8.58. The maximum absolute atomic E-state index is 9.83. The molecule has 24 heavy (non-hydrogen) atoms. The van der Waals surface area contributed by atoms with E-state index in [0.29, 0.717) is 17.3 Å². The molecule has 7 heteroatoms. The van der Waals surface area contributed by atoms with E-state index < -0.39 is 0 Å². The standard InChI is InChI=1S/C17H17N3O3.ClH/c1-10-12(5-4-6-14(10)21)20-17-11-7-15(22-2)16(23-3)8-13(11)18-9-19-17;/h4-9,21H,1-3H3,(H,18,19,20);1H. The van der Waals surface area contributed by atoms with Crippen molar-refractivity contribution >= 4 is 34.8 Å². The summed E-state index contributed by atoms with van der Waals surface area (Å²) in [6.07, 6.45) is 1.48. The molecule has 6 nitrogen and oxygen atoms in total. The van der Waals surface area contributed by atoms with Crippen LogP contribution >= 0.6 is 12.4 Å². The van der Waals surface area contributed by atoms with Gasteiger partial charge in [0.15, 0.2) is 11.5 Å². The van der Waals surface area contributed by atoms with E-state index >= 15 is 0 Å². The van der Waals surface area contributed by atoms with Crippen LogP contribution in [0, 0.1) is 6.92 Å². The van der Waals surface area contributed by atoms with Crippen LogP contribution in [-0.4, -0.2) is 29.3 Å². The molecule has 3 rings (SSSR count). The normalized spacial score (nSPS) is 10.1. The van der Waals surface area contributed by atoms with Crippen LogP contribution in [0.25, 0.3) is 10.9 Å². The van der Waals surface area contributed by atoms with Gasteiger partial charge in [0.05, 0.1) is 19.7 Å². The van der Waals surface area contributed by atoms with E-state index in [9.17, 15) is 5.11 Å². The minimum absolute atomic E-state index is 0. The molecule has 0 aliphatic heterocycles. The quantitative estimate of drug-likeness (QED) is 0.747. The lowest BCUT2D eigenvalue weighted by Crippen LogP contribution is -1.99. The summed E-state index contributed by atoms with van der Waals surface area (Å²) >= 11 is 0. The second kappa shape index (κ2) is 7.23. The van der Waals surface area contributed by atoms with Crippen molar-refractivity contribution in [3.8, 4) is 17.2 Å². The van der Waals surface area contributed by atoms with Gasteiger partial charge in [0.2, 0.25) is 0 Å². The third-order valence-electron chi connectivity index (χ3n) is 3.70. The lowest BCUT2D eigenvalue weighted by molar-refractivity contribution is 0.356.